The molecule has 4 rings (SSSR count). The van der Waals surface area contributed by atoms with Crippen molar-refractivity contribution in [2.24, 2.45) is 5.16 Å². The molecule has 1 atom stereocenters. The Bertz CT molecular complexity index is 1290. The molecule has 9 heteroatoms. The number of nitrogens with zero attached hydrogens (tertiary/aromatic N) is 2. The van der Waals surface area contributed by atoms with Crippen LogP contribution in [0.3, 0.4) is 0 Å². The van der Waals surface area contributed by atoms with Crippen molar-refractivity contribution >= 4 is 28.8 Å². The van der Waals surface area contributed by atoms with Crippen molar-refractivity contribution in [3.63, 3.8) is 0 Å². The molecule has 1 aliphatic heterocycles. The van der Waals surface area contributed by atoms with Crippen LogP contribution in [0.5, 0.6) is 11.5 Å². The lowest BCUT2D eigenvalue weighted by atomic mass is 9.90. The summed E-state index contributed by atoms with van der Waals surface area (Å²) >= 11 is 0. The van der Waals surface area contributed by atoms with Crippen LogP contribution in [0, 0.1) is 20.8 Å². The summed E-state index contributed by atoms with van der Waals surface area (Å²) in [7, 11) is 1.52. The smallest absolute Gasteiger partial charge is 0.259 e. The zero-order chi connectivity index (χ0) is 25.1. The monoisotopic (exact) mass is 475 g/mol. The van der Waals surface area contributed by atoms with Crippen LogP contribution >= 0.6 is 0 Å². The first-order valence-corrected chi connectivity index (χ1v) is 11.2. The molecule has 0 saturated heterocycles. The fourth-order valence-electron chi connectivity index (χ4n) is 4.08. The summed E-state index contributed by atoms with van der Waals surface area (Å²) in [4.78, 5) is 21.5. The van der Waals surface area contributed by atoms with Gasteiger partial charge in [0.15, 0.2) is 0 Å². The Hall–Kier alpha value is -4.27. The molecule has 0 radical (unpaired) electrons. The van der Waals surface area contributed by atoms with E-state index in [1.807, 2.05) is 20.8 Å². The molecule has 1 aliphatic rings. The minimum atomic E-state index is -0.329. The molecule has 9 nitrogen and oxygen atoms in total. The van der Waals surface area contributed by atoms with E-state index < -0.39 is 0 Å². The maximum absolute atomic E-state index is 12.4. The first-order valence-electron chi connectivity index (χ1n) is 11.2. The molecule has 182 valence electrons. The molecule has 1 aromatic heterocycles. The Labute approximate surface area is 204 Å². The highest BCUT2D eigenvalue weighted by Crippen LogP contribution is 2.39. The lowest BCUT2D eigenvalue weighted by Gasteiger charge is -2.30. The quantitative estimate of drug-likeness (QED) is 0.362. The van der Waals surface area contributed by atoms with E-state index in [-0.39, 0.29) is 17.8 Å². The number of carbonyl (C=O) groups is 1. The Balaban J connectivity index is 1.44. The Kier molecular flexibility index (Phi) is 6.77. The summed E-state index contributed by atoms with van der Waals surface area (Å²) in [5.74, 6) is 1.26. The molecular weight excluding hydrogens is 446 g/mol. The Morgan fingerprint density at radius 3 is 2.57 bits per heavy atom. The summed E-state index contributed by atoms with van der Waals surface area (Å²) < 4.78 is 12.3. The number of nitrogens with one attached hydrogen (secondary N) is 1. The van der Waals surface area contributed by atoms with Crippen molar-refractivity contribution in [2.45, 2.75) is 33.3 Å². The van der Waals surface area contributed by atoms with Crippen LogP contribution in [0.1, 0.15) is 39.0 Å². The number of anilines is 3. The van der Waals surface area contributed by atoms with Crippen LogP contribution in [-0.2, 0) is 4.84 Å². The number of carbonyl (C=O) groups excluding carboxylic acids is 1. The zero-order valence-corrected chi connectivity index (χ0v) is 20.2. The molecule has 3 aromatic rings. The van der Waals surface area contributed by atoms with Gasteiger partial charge in [0.1, 0.15) is 37.1 Å². The summed E-state index contributed by atoms with van der Waals surface area (Å²) in [5.41, 5.74) is 18.3. The number of nitrogen functional groups attached to an aromatic ring is 2. The average Bonchev–Trinajstić information content (AvgIpc) is 2.86. The highest BCUT2D eigenvalue weighted by molar-refractivity contribution is 6.07. The fraction of sp³-hybridized carbons (Fsp3) is 0.269. The number of benzene rings is 2. The highest BCUT2D eigenvalue weighted by Gasteiger charge is 2.31. The molecular formula is C26H29N5O4. The Morgan fingerprint density at radius 2 is 1.89 bits per heavy atom. The number of nitrogens with two attached hydrogens (primary N) is 2. The lowest BCUT2D eigenvalue weighted by molar-refractivity contribution is 0.102. The van der Waals surface area contributed by atoms with Crippen molar-refractivity contribution in [3.05, 3.63) is 70.4 Å². The summed E-state index contributed by atoms with van der Waals surface area (Å²) in [5, 5.41) is 7.05. The molecule has 1 amide bonds. The lowest BCUT2D eigenvalue weighted by Crippen LogP contribution is -2.34. The molecule has 0 aliphatic carbocycles. The third-order valence-electron chi connectivity index (χ3n) is 6.14. The molecule has 5 N–H and O–H groups in total. The number of ether oxygens (including phenoxy) is 2. The molecule has 0 spiro atoms. The minimum Gasteiger partial charge on any atom is -0.490 e. The van der Waals surface area contributed by atoms with Crippen molar-refractivity contribution < 1.29 is 19.1 Å². The van der Waals surface area contributed by atoms with Gasteiger partial charge in [-0.1, -0.05) is 5.16 Å². The van der Waals surface area contributed by atoms with Crippen LogP contribution in [0.2, 0.25) is 0 Å². The van der Waals surface area contributed by atoms with Crippen molar-refractivity contribution in [1.82, 2.24) is 4.98 Å². The van der Waals surface area contributed by atoms with Gasteiger partial charge in [-0.25, -0.2) is 4.98 Å². The minimum absolute atomic E-state index is 0.179. The van der Waals surface area contributed by atoms with E-state index in [2.05, 4.69) is 15.5 Å². The maximum atomic E-state index is 12.4. The molecule has 35 heavy (non-hydrogen) atoms. The van der Waals surface area contributed by atoms with Gasteiger partial charge in [-0.2, -0.15) is 0 Å². The predicted molar refractivity (Wildman–Crippen MR) is 136 cm³/mol. The SMILES string of the molecule is CON=C1CC(COc2ccc(NC(=O)c3cccnc3N)cc2)Oc2c(C)c(C)c(N)c(C)c21. The molecule has 0 fully saturated rings. The van der Waals surface area contributed by atoms with Gasteiger partial charge in [0.25, 0.3) is 5.91 Å². The standard InChI is InChI=1S/C26H29N5O4/c1-14-15(2)24-22(16(3)23(14)27)21(31-33-4)12-19(35-24)13-34-18-9-7-17(8-10-18)30-26(32)20-6-5-11-29-25(20)28/h5-11,19H,12-13,27H2,1-4H3,(H2,28,29)(H,30,32). The van der Waals surface area contributed by atoms with Gasteiger partial charge in [0.05, 0.1) is 11.3 Å². The van der Waals surface area contributed by atoms with E-state index >= 15 is 0 Å². The predicted octanol–water partition coefficient (Wildman–Crippen LogP) is 4.00. The summed E-state index contributed by atoms with van der Waals surface area (Å²) in [6.07, 6.45) is 1.80. The topological polar surface area (TPSA) is 134 Å². The number of hydrogen-bond donors (Lipinski definition) is 3. The fourth-order valence-corrected chi connectivity index (χ4v) is 4.08. The third-order valence-corrected chi connectivity index (χ3v) is 6.14. The van der Waals surface area contributed by atoms with E-state index in [0.717, 1.165) is 39.4 Å². The zero-order valence-electron chi connectivity index (χ0n) is 20.2. The second-order valence-electron chi connectivity index (χ2n) is 8.38. The molecule has 2 aromatic carbocycles. The van der Waals surface area contributed by atoms with Gasteiger partial charge in [0.2, 0.25) is 0 Å². The van der Waals surface area contributed by atoms with Gasteiger partial charge in [-0.05, 0) is 73.9 Å². The van der Waals surface area contributed by atoms with Crippen LogP contribution in [0.15, 0.2) is 47.8 Å². The number of hydrogen-bond acceptors (Lipinski definition) is 8. The van der Waals surface area contributed by atoms with Crippen molar-refractivity contribution in [3.8, 4) is 11.5 Å². The van der Waals surface area contributed by atoms with E-state index in [4.69, 9.17) is 25.8 Å². The molecule has 2 heterocycles. The number of fused-ring (bicyclic) bond motifs is 1. The summed E-state index contributed by atoms with van der Waals surface area (Å²) in [6.45, 7) is 6.25. The number of rotatable bonds is 6. The maximum Gasteiger partial charge on any atom is 0.259 e. The van der Waals surface area contributed by atoms with Gasteiger partial charge in [-0.3, -0.25) is 4.79 Å². The van der Waals surface area contributed by atoms with Crippen LogP contribution in [-0.4, -0.2) is 36.4 Å². The largest absolute Gasteiger partial charge is 0.490 e. The number of oxime groups is 1. The van der Waals surface area contributed by atoms with Gasteiger partial charge < -0.3 is 31.1 Å². The molecule has 0 saturated carbocycles. The van der Waals surface area contributed by atoms with Crippen LogP contribution in [0.4, 0.5) is 17.2 Å². The third kappa shape index (κ3) is 4.84. The average molecular weight is 476 g/mol. The molecule has 1 unspecified atom stereocenters. The van der Waals surface area contributed by atoms with Crippen molar-refractivity contribution in [1.29, 1.82) is 0 Å². The first kappa shape index (κ1) is 23.9. The van der Waals surface area contributed by atoms with E-state index in [0.29, 0.717) is 30.0 Å². The highest BCUT2D eigenvalue weighted by atomic mass is 16.6. The summed E-state index contributed by atoms with van der Waals surface area (Å²) in [6, 6.07) is 10.4. The van der Waals surface area contributed by atoms with E-state index in [9.17, 15) is 4.79 Å². The second kappa shape index (κ2) is 9.92. The van der Waals surface area contributed by atoms with Crippen molar-refractivity contribution in [2.75, 3.05) is 30.5 Å². The number of aromatic nitrogens is 1. The first-order chi connectivity index (χ1) is 16.8. The van der Waals surface area contributed by atoms with Gasteiger partial charge in [0, 0.05) is 29.6 Å². The second-order valence-corrected chi connectivity index (χ2v) is 8.38. The van der Waals surface area contributed by atoms with E-state index in [1.54, 1.807) is 36.4 Å². The Morgan fingerprint density at radius 1 is 1.14 bits per heavy atom. The molecule has 0 bridgehead atoms. The van der Waals surface area contributed by atoms with Crippen LogP contribution < -0.4 is 26.3 Å². The van der Waals surface area contributed by atoms with Crippen LogP contribution in [0.25, 0.3) is 0 Å². The van der Waals surface area contributed by atoms with E-state index in [1.165, 1.54) is 13.3 Å². The number of pyridine rings is 1. The van der Waals surface area contributed by atoms with Gasteiger partial charge in [-0.15, -0.1) is 0 Å². The number of amides is 1. The normalized spacial score (nSPS) is 15.8. The van der Waals surface area contributed by atoms with Gasteiger partial charge >= 0.3 is 0 Å².